The summed E-state index contributed by atoms with van der Waals surface area (Å²) >= 11 is 0. The molecule has 0 spiro atoms. The highest BCUT2D eigenvalue weighted by Gasteiger charge is 2.41. The Kier molecular flexibility index (Phi) is 8.28. The number of nitrogen functional groups attached to an aromatic ring is 1. The Morgan fingerprint density at radius 3 is 2.20 bits per heavy atom. The van der Waals surface area contributed by atoms with Crippen molar-refractivity contribution < 1.29 is 9.16 Å². The molecule has 8 nitrogen and oxygen atoms in total. The normalized spacial score (nSPS) is 18.0. The summed E-state index contributed by atoms with van der Waals surface area (Å²) in [6.07, 6.45) is 2.46. The third-order valence-electron chi connectivity index (χ3n) is 8.95. The van der Waals surface area contributed by atoms with Crippen LogP contribution in [0.5, 0.6) is 11.5 Å². The minimum Gasteiger partial charge on any atom is -0.457 e. The zero-order valence-corrected chi connectivity index (χ0v) is 27.3. The van der Waals surface area contributed by atoms with Crippen molar-refractivity contribution in [1.82, 2.24) is 24.6 Å². The lowest BCUT2D eigenvalue weighted by atomic mass is 10.0. The van der Waals surface area contributed by atoms with Crippen LogP contribution in [-0.4, -0.2) is 52.2 Å². The van der Waals surface area contributed by atoms with E-state index in [1.165, 1.54) is 11.9 Å². The second-order valence-corrected chi connectivity index (χ2v) is 18.0. The SMILES string of the molecule is CC(C)(C)[Si](C)(C)O[C@@H]1C[C@@H](n2nc(-c3ccc(Oc4ccccc4)cc3)c3c(N)ncnc32)CN(Cc2ccccc2)C1. The maximum Gasteiger partial charge on any atom is 0.192 e. The molecular weight excluding hydrogens is 565 g/mol. The van der Waals surface area contributed by atoms with Crippen molar-refractivity contribution in [3.05, 3.63) is 96.8 Å². The fraction of sp³-hybridized carbons (Fsp3) is 0.343. The van der Waals surface area contributed by atoms with Gasteiger partial charge in [-0.15, -0.1) is 0 Å². The summed E-state index contributed by atoms with van der Waals surface area (Å²) in [5.41, 5.74) is 10.2. The molecule has 0 bridgehead atoms. The summed E-state index contributed by atoms with van der Waals surface area (Å²) in [6.45, 7) is 14.1. The van der Waals surface area contributed by atoms with Gasteiger partial charge in [-0.3, -0.25) is 4.90 Å². The molecule has 2 aromatic heterocycles. The lowest BCUT2D eigenvalue weighted by Crippen LogP contribution is -2.51. The molecule has 0 unspecified atom stereocenters. The number of para-hydroxylation sites is 1. The highest BCUT2D eigenvalue weighted by atomic mass is 28.4. The minimum absolute atomic E-state index is 0.0495. The smallest absolute Gasteiger partial charge is 0.192 e. The van der Waals surface area contributed by atoms with E-state index >= 15 is 0 Å². The predicted molar refractivity (Wildman–Crippen MR) is 179 cm³/mol. The number of rotatable bonds is 8. The molecule has 2 atom stereocenters. The van der Waals surface area contributed by atoms with Crippen LogP contribution in [0.2, 0.25) is 18.1 Å². The number of nitrogens with two attached hydrogens (primary N) is 1. The van der Waals surface area contributed by atoms with Gasteiger partial charge in [0.1, 0.15) is 29.3 Å². The van der Waals surface area contributed by atoms with E-state index < -0.39 is 8.32 Å². The van der Waals surface area contributed by atoms with Gasteiger partial charge in [-0.05, 0) is 66.5 Å². The first-order valence-corrected chi connectivity index (χ1v) is 18.2. The number of fused-ring (bicyclic) bond motifs is 1. The van der Waals surface area contributed by atoms with Crippen LogP contribution in [-0.2, 0) is 11.0 Å². The topological polar surface area (TPSA) is 91.3 Å². The van der Waals surface area contributed by atoms with E-state index in [1.807, 2.05) is 54.6 Å². The quantitative estimate of drug-likeness (QED) is 0.181. The molecule has 44 heavy (non-hydrogen) atoms. The van der Waals surface area contributed by atoms with E-state index in [1.54, 1.807) is 0 Å². The maximum atomic E-state index is 7.04. The number of aromatic nitrogens is 4. The zero-order chi connectivity index (χ0) is 30.9. The largest absolute Gasteiger partial charge is 0.457 e. The number of hydrogen-bond acceptors (Lipinski definition) is 7. The molecule has 2 N–H and O–H groups in total. The summed E-state index contributed by atoms with van der Waals surface area (Å²) in [4.78, 5) is 11.6. The van der Waals surface area contributed by atoms with E-state index in [0.29, 0.717) is 5.82 Å². The summed E-state index contributed by atoms with van der Waals surface area (Å²) in [5.74, 6) is 1.97. The summed E-state index contributed by atoms with van der Waals surface area (Å²) in [6, 6.07) is 28.4. The van der Waals surface area contributed by atoms with Crippen LogP contribution in [0.3, 0.4) is 0 Å². The molecule has 228 valence electrons. The number of anilines is 1. The third-order valence-corrected chi connectivity index (χ3v) is 13.5. The van der Waals surface area contributed by atoms with Gasteiger partial charge >= 0.3 is 0 Å². The van der Waals surface area contributed by atoms with Crippen LogP contribution < -0.4 is 10.5 Å². The van der Waals surface area contributed by atoms with Crippen LogP contribution in [0, 0.1) is 0 Å². The molecule has 5 aromatic rings. The predicted octanol–water partition coefficient (Wildman–Crippen LogP) is 7.71. The number of likely N-dealkylation sites (tertiary alicyclic amines) is 1. The maximum absolute atomic E-state index is 7.04. The van der Waals surface area contributed by atoms with Crippen LogP contribution in [0.15, 0.2) is 91.3 Å². The monoisotopic (exact) mass is 606 g/mol. The Balaban J connectivity index is 1.34. The van der Waals surface area contributed by atoms with Gasteiger partial charge < -0.3 is 14.9 Å². The van der Waals surface area contributed by atoms with Crippen molar-refractivity contribution in [3.8, 4) is 22.8 Å². The fourth-order valence-electron chi connectivity index (χ4n) is 5.70. The van der Waals surface area contributed by atoms with E-state index in [2.05, 4.69) is 78.8 Å². The van der Waals surface area contributed by atoms with Gasteiger partial charge in [-0.1, -0.05) is 69.3 Å². The zero-order valence-electron chi connectivity index (χ0n) is 26.3. The number of ether oxygens (including phenoxy) is 1. The molecule has 0 saturated carbocycles. The highest BCUT2D eigenvalue weighted by Crippen LogP contribution is 2.40. The number of nitrogens with zero attached hydrogens (tertiary/aromatic N) is 5. The van der Waals surface area contributed by atoms with Crippen LogP contribution in [0.4, 0.5) is 5.82 Å². The van der Waals surface area contributed by atoms with Gasteiger partial charge in [0.25, 0.3) is 0 Å². The molecule has 1 saturated heterocycles. The molecule has 0 radical (unpaired) electrons. The van der Waals surface area contributed by atoms with Crippen LogP contribution >= 0.6 is 0 Å². The Labute approximate surface area is 261 Å². The van der Waals surface area contributed by atoms with Crippen LogP contribution in [0.25, 0.3) is 22.3 Å². The molecule has 1 aliphatic heterocycles. The first kappa shape index (κ1) is 30.0. The molecule has 0 aliphatic carbocycles. The Morgan fingerprint density at radius 2 is 1.52 bits per heavy atom. The molecule has 1 aliphatic rings. The van der Waals surface area contributed by atoms with Crippen molar-refractivity contribution in [3.63, 3.8) is 0 Å². The summed E-state index contributed by atoms with van der Waals surface area (Å²) < 4.78 is 15.1. The Morgan fingerprint density at radius 1 is 0.864 bits per heavy atom. The molecular formula is C35H42N6O2Si. The van der Waals surface area contributed by atoms with Crippen molar-refractivity contribution >= 4 is 25.2 Å². The van der Waals surface area contributed by atoms with Crippen molar-refractivity contribution in [2.75, 3.05) is 18.8 Å². The van der Waals surface area contributed by atoms with Gasteiger partial charge in [0.05, 0.1) is 17.5 Å². The van der Waals surface area contributed by atoms with E-state index in [0.717, 1.165) is 59.8 Å². The first-order valence-electron chi connectivity index (χ1n) is 15.3. The van der Waals surface area contributed by atoms with E-state index in [9.17, 15) is 0 Å². The Hall–Kier alpha value is -4.05. The molecule has 3 heterocycles. The number of piperidine rings is 1. The second-order valence-electron chi connectivity index (χ2n) is 13.3. The molecule has 1 fully saturated rings. The van der Waals surface area contributed by atoms with Gasteiger partial charge in [0.2, 0.25) is 0 Å². The van der Waals surface area contributed by atoms with E-state index in [-0.39, 0.29) is 17.2 Å². The summed E-state index contributed by atoms with van der Waals surface area (Å²) in [5, 5.41) is 6.09. The lowest BCUT2D eigenvalue weighted by molar-refractivity contribution is 0.0442. The highest BCUT2D eigenvalue weighted by molar-refractivity contribution is 6.74. The average Bonchev–Trinajstić information content (AvgIpc) is 3.39. The fourth-order valence-corrected chi connectivity index (χ4v) is 7.06. The summed E-state index contributed by atoms with van der Waals surface area (Å²) in [7, 11) is -2.00. The molecule has 3 aromatic carbocycles. The average molecular weight is 607 g/mol. The minimum atomic E-state index is -2.00. The Bertz CT molecular complexity index is 1700. The number of benzene rings is 3. The van der Waals surface area contributed by atoms with Gasteiger partial charge in [0.15, 0.2) is 14.0 Å². The third kappa shape index (κ3) is 6.40. The van der Waals surface area contributed by atoms with Crippen molar-refractivity contribution in [2.24, 2.45) is 0 Å². The molecule has 0 amide bonds. The lowest BCUT2D eigenvalue weighted by Gasteiger charge is -2.44. The standard InChI is InChI=1S/C35H42N6O2Si/c1-35(2,3)44(4,5)43-30-20-27(22-40(23-30)21-25-12-8-6-9-13-25)41-34-31(33(36)37-24-38-34)32(39-41)26-16-18-29(19-17-26)42-28-14-10-7-11-15-28/h6-19,24,27,30H,20-23H2,1-5H3,(H2,36,37,38)/t27-,30-/m1/s1. The van der Waals surface area contributed by atoms with Gasteiger partial charge in [-0.25, -0.2) is 14.6 Å². The van der Waals surface area contributed by atoms with Crippen LogP contribution in [0.1, 0.15) is 38.8 Å². The van der Waals surface area contributed by atoms with E-state index in [4.69, 9.17) is 25.0 Å². The second kappa shape index (κ2) is 12.1. The molecule has 9 heteroatoms. The van der Waals surface area contributed by atoms with Crippen molar-refractivity contribution in [2.45, 2.75) is 64.0 Å². The first-order chi connectivity index (χ1) is 21.1. The van der Waals surface area contributed by atoms with Gasteiger partial charge in [-0.2, -0.15) is 5.10 Å². The number of hydrogen-bond donors (Lipinski definition) is 1. The van der Waals surface area contributed by atoms with Gasteiger partial charge in [0, 0.05) is 25.2 Å². The molecule has 6 rings (SSSR count). The van der Waals surface area contributed by atoms with Crippen molar-refractivity contribution in [1.29, 1.82) is 0 Å².